The fourth-order valence-electron chi connectivity index (χ4n) is 5.23. The van der Waals surface area contributed by atoms with E-state index in [9.17, 15) is 14.7 Å². The van der Waals surface area contributed by atoms with Gasteiger partial charge in [0.1, 0.15) is 31.3 Å². The summed E-state index contributed by atoms with van der Waals surface area (Å²) in [5.74, 6) is 1.27. The van der Waals surface area contributed by atoms with Gasteiger partial charge in [-0.1, -0.05) is 95.9 Å². The monoisotopic (exact) mass is 740 g/mol. The minimum Gasteiger partial charge on any atom is -0.511 e. The lowest BCUT2D eigenvalue weighted by molar-refractivity contribution is -0.118. The summed E-state index contributed by atoms with van der Waals surface area (Å²) in [5, 5.41) is 15.0. The Bertz CT molecular complexity index is 1190. The van der Waals surface area contributed by atoms with Gasteiger partial charge in [0, 0.05) is 30.2 Å². The number of oxime groups is 1. The number of anilines is 1. The normalized spacial score (nSPS) is 15.1. The van der Waals surface area contributed by atoms with Crippen LogP contribution in [-0.2, 0) is 36.8 Å². The Labute approximate surface area is 309 Å². The van der Waals surface area contributed by atoms with Gasteiger partial charge in [-0.15, -0.1) is 11.6 Å². The summed E-state index contributed by atoms with van der Waals surface area (Å²) in [6, 6.07) is 6.17. The molecule has 2 rings (SSSR count). The first-order chi connectivity index (χ1) is 23.6. The molecule has 2 atom stereocenters. The Balaban J connectivity index is 0.000000853. The van der Waals surface area contributed by atoms with E-state index in [1.165, 1.54) is 11.6 Å². The number of hydrogen-bond acceptors (Lipinski definition) is 8. The number of aldehydes is 1. The Hall–Kier alpha value is -2.59. The summed E-state index contributed by atoms with van der Waals surface area (Å²) < 4.78 is 5.66. The highest BCUT2D eigenvalue weighted by Crippen LogP contribution is 2.33. The number of allylic oxidation sites excluding steroid dienone is 3. The number of thioether (sulfide) groups is 1. The number of carbonyl (C=O) groups is 3. The highest BCUT2D eigenvalue weighted by Gasteiger charge is 2.31. The van der Waals surface area contributed by atoms with E-state index in [0.717, 1.165) is 61.1 Å². The zero-order valence-electron chi connectivity index (χ0n) is 30.3. The minimum atomic E-state index is -0.108. The SMILES string of the molecule is C=CC=O.CCC/C(=N\OC/C=C/Cl)C1=C(O)CC(CC(C)SCC)CC1=O.CCCCOCN(C(=O)CCl)c1c(CC)cccc1CC. The number of aliphatic hydroxyl groups is 1. The van der Waals surface area contributed by atoms with E-state index in [4.69, 9.17) is 37.6 Å². The van der Waals surface area contributed by atoms with Crippen molar-refractivity contribution in [3.63, 3.8) is 0 Å². The number of carbonyl (C=O) groups excluding carboxylic acids is 3. The molecule has 49 heavy (non-hydrogen) atoms. The summed E-state index contributed by atoms with van der Waals surface area (Å²) in [6.45, 7) is 16.9. The molecule has 1 N–H and O–H groups in total. The molecule has 1 aromatic carbocycles. The van der Waals surface area contributed by atoms with Crippen molar-refractivity contribution in [3.05, 3.63) is 64.9 Å². The number of ether oxygens (including phenoxy) is 1. The highest BCUT2D eigenvalue weighted by molar-refractivity contribution is 7.99. The van der Waals surface area contributed by atoms with Crippen molar-refractivity contribution in [1.82, 2.24) is 0 Å². The lowest BCUT2D eigenvalue weighted by Crippen LogP contribution is -2.35. The first kappa shape index (κ1) is 46.4. The minimum absolute atomic E-state index is 0.0267. The van der Waals surface area contributed by atoms with E-state index in [-0.39, 0.29) is 42.6 Å². The van der Waals surface area contributed by atoms with Gasteiger partial charge in [-0.05, 0) is 67.1 Å². The van der Waals surface area contributed by atoms with Gasteiger partial charge in [-0.3, -0.25) is 19.3 Å². The number of aliphatic hydroxyl groups excluding tert-OH is 1. The van der Waals surface area contributed by atoms with E-state index >= 15 is 0 Å². The van der Waals surface area contributed by atoms with Gasteiger partial charge in [0.15, 0.2) is 5.78 Å². The number of aryl methyl sites for hydroxylation is 2. The number of alkyl halides is 1. The molecule has 0 saturated heterocycles. The Morgan fingerprint density at radius 3 is 2.31 bits per heavy atom. The third-order valence-corrected chi connectivity index (χ3v) is 8.96. The predicted octanol–water partition coefficient (Wildman–Crippen LogP) is 9.76. The van der Waals surface area contributed by atoms with Crippen LogP contribution in [0.3, 0.4) is 0 Å². The third-order valence-electron chi connectivity index (χ3n) is 7.46. The van der Waals surface area contributed by atoms with Crippen LogP contribution in [0, 0.1) is 5.92 Å². The molecule has 2 unspecified atom stereocenters. The van der Waals surface area contributed by atoms with Crippen molar-refractivity contribution in [3.8, 4) is 0 Å². The summed E-state index contributed by atoms with van der Waals surface area (Å²) in [7, 11) is 0. The average Bonchev–Trinajstić information content (AvgIpc) is 3.09. The topological polar surface area (TPSA) is 106 Å². The first-order valence-corrected chi connectivity index (χ1v) is 19.3. The third kappa shape index (κ3) is 18.3. The maximum atomic E-state index is 12.6. The van der Waals surface area contributed by atoms with E-state index in [1.54, 1.807) is 11.0 Å². The second-order valence-corrected chi connectivity index (χ2v) is 13.6. The maximum absolute atomic E-state index is 12.6. The van der Waals surface area contributed by atoms with Crippen LogP contribution in [0.4, 0.5) is 5.69 Å². The van der Waals surface area contributed by atoms with Crippen LogP contribution in [0.15, 0.2) is 59.0 Å². The predicted molar refractivity (Wildman–Crippen MR) is 208 cm³/mol. The molecular formula is C38H58Cl2N2O6S. The molecule has 1 aromatic rings. The van der Waals surface area contributed by atoms with Crippen molar-refractivity contribution in [2.24, 2.45) is 11.1 Å². The van der Waals surface area contributed by atoms with E-state index < -0.39 is 0 Å². The number of benzene rings is 1. The smallest absolute Gasteiger partial charge is 0.243 e. The molecule has 0 aliphatic heterocycles. The van der Waals surface area contributed by atoms with Crippen molar-refractivity contribution in [2.75, 3.05) is 36.5 Å². The Morgan fingerprint density at radius 1 is 1.16 bits per heavy atom. The summed E-state index contributed by atoms with van der Waals surface area (Å²) in [4.78, 5) is 40.7. The average molecular weight is 742 g/mol. The molecule has 0 heterocycles. The highest BCUT2D eigenvalue weighted by atomic mass is 35.5. The van der Waals surface area contributed by atoms with Crippen LogP contribution < -0.4 is 4.90 Å². The zero-order chi connectivity index (χ0) is 37.0. The number of ketones is 1. The molecule has 276 valence electrons. The number of Topliss-reactive ketones (excluding diaryl/α,β-unsaturated/α-hetero) is 1. The second-order valence-electron chi connectivity index (χ2n) is 11.3. The van der Waals surface area contributed by atoms with E-state index in [1.807, 2.05) is 24.8 Å². The van der Waals surface area contributed by atoms with E-state index in [0.29, 0.717) is 48.7 Å². The van der Waals surface area contributed by atoms with Gasteiger partial charge >= 0.3 is 0 Å². The van der Waals surface area contributed by atoms with Crippen LogP contribution in [0.1, 0.15) is 97.6 Å². The van der Waals surface area contributed by atoms with Crippen molar-refractivity contribution in [2.45, 2.75) is 105 Å². The summed E-state index contributed by atoms with van der Waals surface area (Å²) in [5.41, 5.74) is 5.55. The standard InChI is InChI=1S/C18H28ClNO3S.C17H26ClNO2.C3H4O/c1-4-7-15(20-23-9-6-8-19)18-16(21)11-14(12-17(18)22)10-13(3)24-5-2;1-4-7-11-21-13-19(16(20)12-18)17-14(5-2)9-8-10-15(17)6-3;1-2-3-4/h6,8,13-14,21H,4-5,7,9-12H2,1-3H3;8-10H,4-7,11-13H2,1-3H3;2-3H,1H2/b8-6+,20-15+;;. The van der Waals surface area contributed by atoms with Gasteiger partial charge in [-0.2, -0.15) is 11.8 Å². The molecule has 0 aromatic heterocycles. The lowest BCUT2D eigenvalue weighted by atomic mass is 9.82. The maximum Gasteiger partial charge on any atom is 0.243 e. The molecule has 11 heteroatoms. The van der Waals surface area contributed by atoms with Crippen LogP contribution in [0.25, 0.3) is 0 Å². The number of rotatable bonds is 20. The molecule has 0 spiro atoms. The number of hydrogen-bond donors (Lipinski definition) is 1. The fourth-order valence-corrected chi connectivity index (χ4v) is 6.43. The number of nitrogens with zero attached hydrogens (tertiary/aromatic N) is 2. The van der Waals surface area contributed by atoms with Crippen molar-refractivity contribution >= 4 is 64.3 Å². The van der Waals surface area contributed by atoms with Crippen LogP contribution in [-0.4, -0.2) is 65.6 Å². The lowest BCUT2D eigenvalue weighted by Gasteiger charge is -2.26. The van der Waals surface area contributed by atoms with Gasteiger partial charge in [0.25, 0.3) is 0 Å². The van der Waals surface area contributed by atoms with Gasteiger partial charge in [0.05, 0.1) is 17.0 Å². The largest absolute Gasteiger partial charge is 0.511 e. The molecule has 0 fully saturated rings. The van der Waals surface area contributed by atoms with Crippen molar-refractivity contribution < 1.29 is 29.1 Å². The fraction of sp³-hybridized carbons (Fsp3) is 0.579. The molecule has 0 radical (unpaired) electrons. The van der Waals surface area contributed by atoms with Crippen LogP contribution in [0.2, 0.25) is 0 Å². The number of amides is 1. The van der Waals surface area contributed by atoms with Gasteiger partial charge in [-0.25, -0.2) is 0 Å². The van der Waals surface area contributed by atoms with Crippen LogP contribution in [0.5, 0.6) is 0 Å². The van der Waals surface area contributed by atoms with Crippen LogP contribution >= 0.6 is 35.0 Å². The quantitative estimate of drug-likeness (QED) is 0.0270. The zero-order valence-corrected chi connectivity index (χ0v) is 32.7. The van der Waals surface area contributed by atoms with E-state index in [2.05, 4.69) is 58.5 Å². The molecule has 0 bridgehead atoms. The molecular weight excluding hydrogens is 683 g/mol. The molecule has 8 nitrogen and oxygen atoms in total. The molecule has 1 aliphatic rings. The number of unbranched alkanes of at least 4 members (excludes halogenated alkanes) is 1. The first-order valence-electron chi connectivity index (χ1n) is 17.3. The Kier molecular flexibility index (Phi) is 27.6. The molecule has 1 aliphatic carbocycles. The van der Waals surface area contributed by atoms with Gasteiger partial charge < -0.3 is 14.7 Å². The summed E-state index contributed by atoms with van der Waals surface area (Å²) in [6.07, 6.45) is 10.7. The van der Waals surface area contributed by atoms with Crippen molar-refractivity contribution in [1.29, 1.82) is 0 Å². The molecule has 1 amide bonds. The van der Waals surface area contributed by atoms with Gasteiger partial charge in [0.2, 0.25) is 5.91 Å². The second kappa shape index (κ2) is 29.2. The number of para-hydroxylation sites is 1. The molecule has 0 saturated carbocycles. The Morgan fingerprint density at radius 2 is 1.82 bits per heavy atom. The number of halogens is 2. The summed E-state index contributed by atoms with van der Waals surface area (Å²) >= 11 is 13.1.